The molecule has 0 saturated carbocycles. The Bertz CT molecular complexity index is 1710. The number of hydrogen-bond acceptors (Lipinski definition) is 5. The quantitative estimate of drug-likeness (QED) is 0.255. The van der Waals surface area contributed by atoms with Gasteiger partial charge in [-0.3, -0.25) is 4.98 Å². The number of rotatable bonds is 5. The molecule has 0 amide bonds. The lowest BCUT2D eigenvalue weighted by Gasteiger charge is -2.16. The fourth-order valence-corrected chi connectivity index (χ4v) is 6.63. The monoisotopic (exact) mass is 490 g/mol. The lowest BCUT2D eigenvalue weighted by molar-refractivity contribution is 0.584. The first-order valence-electron chi connectivity index (χ1n) is 11.1. The highest BCUT2D eigenvalue weighted by atomic mass is 32.1. The van der Waals surface area contributed by atoms with Crippen molar-refractivity contribution in [3.63, 3.8) is 0 Å². The van der Waals surface area contributed by atoms with Gasteiger partial charge in [0.25, 0.3) is 0 Å². The van der Waals surface area contributed by atoms with Gasteiger partial charge in [-0.2, -0.15) is 0 Å². The molecule has 0 spiro atoms. The molecule has 0 radical (unpaired) electrons. The maximum absolute atomic E-state index is 5.89. The first-order valence-corrected chi connectivity index (χ1v) is 12.8. The van der Waals surface area contributed by atoms with Gasteiger partial charge in [-0.05, 0) is 53.9 Å². The summed E-state index contributed by atoms with van der Waals surface area (Å²) in [6.45, 7) is 0. The zero-order valence-corrected chi connectivity index (χ0v) is 20.0. The highest BCUT2D eigenvalue weighted by molar-refractivity contribution is 7.23. The second kappa shape index (κ2) is 8.23. The Morgan fingerprint density at radius 3 is 2.51 bits per heavy atom. The van der Waals surface area contributed by atoms with Gasteiger partial charge in [-0.25, -0.2) is 4.98 Å². The van der Waals surface area contributed by atoms with E-state index >= 15 is 0 Å². The van der Waals surface area contributed by atoms with Crippen molar-refractivity contribution in [2.24, 2.45) is 0 Å². The van der Waals surface area contributed by atoms with Gasteiger partial charge in [0, 0.05) is 67.7 Å². The van der Waals surface area contributed by atoms with E-state index in [4.69, 9.17) is 9.40 Å². The number of fused-ring (bicyclic) bond motifs is 1. The number of aromatic nitrogens is 4. The number of pyridine rings is 1. The number of H-pyrrole nitrogens is 2. The maximum Gasteiger partial charge on any atom is 0.144 e. The largest absolute Gasteiger partial charge is 0.463 e. The molecule has 0 aliphatic carbocycles. The van der Waals surface area contributed by atoms with Gasteiger partial charge in [-0.1, -0.05) is 12.1 Å². The smallest absolute Gasteiger partial charge is 0.144 e. The fraction of sp³-hybridized carbons (Fsp3) is 0. The van der Waals surface area contributed by atoms with E-state index in [1.54, 1.807) is 35.1 Å². The van der Waals surface area contributed by atoms with E-state index in [0.717, 1.165) is 54.6 Å². The van der Waals surface area contributed by atoms with E-state index in [-0.39, 0.29) is 0 Å². The summed E-state index contributed by atoms with van der Waals surface area (Å²) in [5, 5.41) is 3.28. The Labute approximate surface area is 208 Å². The molecule has 1 aromatic carbocycles. The first-order chi connectivity index (χ1) is 17.4. The van der Waals surface area contributed by atoms with E-state index in [1.165, 1.54) is 10.4 Å². The molecule has 0 aliphatic rings. The lowest BCUT2D eigenvalue weighted by atomic mass is 9.90. The molecule has 7 heteroatoms. The van der Waals surface area contributed by atoms with Crippen LogP contribution in [-0.4, -0.2) is 19.9 Å². The normalized spacial score (nSPS) is 11.4. The zero-order valence-electron chi connectivity index (χ0n) is 18.4. The summed E-state index contributed by atoms with van der Waals surface area (Å²) < 4.78 is 7.04. The number of hydrogen-bond donors (Lipinski definition) is 2. The minimum atomic E-state index is 0.823. The fourth-order valence-electron chi connectivity index (χ4n) is 4.63. The number of thiophene rings is 2. The van der Waals surface area contributed by atoms with Gasteiger partial charge in [0.1, 0.15) is 11.6 Å². The molecule has 7 rings (SSSR count). The predicted octanol–water partition coefficient (Wildman–Crippen LogP) is 8.34. The van der Waals surface area contributed by atoms with E-state index in [2.05, 4.69) is 50.7 Å². The van der Waals surface area contributed by atoms with Crippen LogP contribution >= 0.6 is 22.7 Å². The molecule has 0 saturated heterocycles. The number of benzene rings is 1. The summed E-state index contributed by atoms with van der Waals surface area (Å²) in [6.07, 6.45) is 9.19. The van der Waals surface area contributed by atoms with Crippen molar-refractivity contribution in [1.82, 2.24) is 19.9 Å². The average Bonchev–Trinajstić information content (AvgIpc) is 3.73. The molecule has 7 aromatic rings. The molecular weight excluding hydrogens is 472 g/mol. The predicted molar refractivity (Wildman–Crippen MR) is 143 cm³/mol. The summed E-state index contributed by atoms with van der Waals surface area (Å²) in [5.41, 5.74) is 6.41. The lowest BCUT2D eigenvalue weighted by Crippen LogP contribution is -1.93. The zero-order chi connectivity index (χ0) is 23.2. The Morgan fingerprint density at radius 1 is 0.800 bits per heavy atom. The van der Waals surface area contributed by atoms with Crippen LogP contribution in [0.3, 0.4) is 0 Å². The Hall–Kier alpha value is -4.20. The molecule has 168 valence electrons. The van der Waals surface area contributed by atoms with Crippen molar-refractivity contribution in [3.05, 3.63) is 97.1 Å². The second-order valence-electron chi connectivity index (χ2n) is 8.04. The van der Waals surface area contributed by atoms with Crippen LogP contribution in [0.15, 0.2) is 102 Å². The highest BCUT2D eigenvalue weighted by Crippen LogP contribution is 2.53. The van der Waals surface area contributed by atoms with Crippen molar-refractivity contribution in [1.29, 1.82) is 0 Å². The third-order valence-electron chi connectivity index (χ3n) is 6.04. The van der Waals surface area contributed by atoms with Crippen LogP contribution in [0, 0.1) is 0 Å². The van der Waals surface area contributed by atoms with Crippen molar-refractivity contribution < 1.29 is 4.42 Å². The number of nitrogens with one attached hydrogen (secondary N) is 2. The van der Waals surface area contributed by atoms with E-state index in [1.807, 2.05) is 48.9 Å². The minimum Gasteiger partial charge on any atom is -0.463 e. The standard InChI is InChI=1S/C28H18N4OS2/c1-2-10-29-18(6-1)17-16-22-25(24(21-9-5-15-34-21)23(17)19-7-3-11-30-19)26(28-31-12-13-32-28)27(35-22)20-8-4-14-33-20/h1-16,30H,(H,31,32). The molecule has 35 heavy (non-hydrogen) atoms. The summed E-state index contributed by atoms with van der Waals surface area (Å²) in [6, 6.07) is 20.7. The van der Waals surface area contributed by atoms with E-state index in [9.17, 15) is 0 Å². The summed E-state index contributed by atoms with van der Waals surface area (Å²) in [4.78, 5) is 18.4. The van der Waals surface area contributed by atoms with Crippen LogP contribution in [0.1, 0.15) is 0 Å². The third kappa shape index (κ3) is 3.28. The van der Waals surface area contributed by atoms with Gasteiger partial charge < -0.3 is 14.4 Å². The van der Waals surface area contributed by atoms with Gasteiger partial charge in [0.05, 0.1) is 16.8 Å². The van der Waals surface area contributed by atoms with Crippen molar-refractivity contribution in [2.75, 3.05) is 0 Å². The Balaban J connectivity index is 1.70. The molecule has 0 fully saturated rings. The van der Waals surface area contributed by atoms with E-state index < -0.39 is 0 Å². The third-order valence-corrected chi connectivity index (χ3v) is 8.07. The maximum atomic E-state index is 5.89. The molecule has 0 bridgehead atoms. The molecule has 2 N–H and O–H groups in total. The minimum absolute atomic E-state index is 0.823. The molecule has 0 atom stereocenters. The van der Waals surface area contributed by atoms with Crippen molar-refractivity contribution >= 4 is 32.8 Å². The highest BCUT2D eigenvalue weighted by Gasteiger charge is 2.27. The summed E-state index contributed by atoms with van der Waals surface area (Å²) in [7, 11) is 0. The summed E-state index contributed by atoms with van der Waals surface area (Å²) >= 11 is 3.45. The molecule has 5 nitrogen and oxygen atoms in total. The van der Waals surface area contributed by atoms with Gasteiger partial charge in [0.15, 0.2) is 0 Å². The number of aromatic amines is 2. The van der Waals surface area contributed by atoms with Crippen LogP contribution in [0.25, 0.3) is 65.1 Å². The van der Waals surface area contributed by atoms with Gasteiger partial charge >= 0.3 is 0 Å². The first kappa shape index (κ1) is 20.2. The van der Waals surface area contributed by atoms with Crippen molar-refractivity contribution in [2.45, 2.75) is 0 Å². The molecular formula is C28H18N4OS2. The Kier molecular flexibility index (Phi) is 4.75. The molecule has 0 unspecified atom stereocenters. The van der Waals surface area contributed by atoms with Crippen LogP contribution in [-0.2, 0) is 0 Å². The topological polar surface area (TPSA) is 70.5 Å². The van der Waals surface area contributed by atoms with E-state index in [0.29, 0.717) is 0 Å². The van der Waals surface area contributed by atoms with Crippen LogP contribution in [0.5, 0.6) is 0 Å². The average molecular weight is 491 g/mol. The summed E-state index contributed by atoms with van der Waals surface area (Å²) in [5.74, 6) is 1.65. The van der Waals surface area contributed by atoms with Gasteiger partial charge in [-0.15, -0.1) is 22.7 Å². The molecule has 6 heterocycles. The van der Waals surface area contributed by atoms with Crippen molar-refractivity contribution in [3.8, 4) is 55.0 Å². The molecule has 6 aromatic heterocycles. The number of imidazole rings is 1. The second-order valence-corrected chi connectivity index (χ2v) is 10.0. The number of nitrogens with zero attached hydrogens (tertiary/aromatic N) is 2. The SMILES string of the molecule is c1ccc(-c2cc3sc(-c4ccco4)c(-c4ncc[nH]4)c3c(-c3cccs3)c2-c2ccc[nH]2)nc1. The van der Waals surface area contributed by atoms with Crippen LogP contribution < -0.4 is 0 Å². The Morgan fingerprint density at radius 2 is 1.80 bits per heavy atom. The van der Waals surface area contributed by atoms with Crippen LogP contribution in [0.2, 0.25) is 0 Å². The van der Waals surface area contributed by atoms with Gasteiger partial charge in [0.2, 0.25) is 0 Å². The molecule has 0 aliphatic heterocycles. The number of furan rings is 1. The van der Waals surface area contributed by atoms with Crippen LogP contribution in [0.4, 0.5) is 0 Å².